The zero-order valence-electron chi connectivity index (χ0n) is 8.65. The fourth-order valence-corrected chi connectivity index (χ4v) is 1.45. The Bertz CT molecular complexity index is 444. The molecule has 0 aromatic carbocycles. The van der Waals surface area contributed by atoms with Crippen molar-refractivity contribution in [3.8, 4) is 0 Å². The largest absolute Gasteiger partial charge is 0.387 e. The van der Waals surface area contributed by atoms with Gasteiger partial charge in [-0.05, 0) is 19.9 Å². The van der Waals surface area contributed by atoms with Crippen LogP contribution in [-0.2, 0) is 0 Å². The van der Waals surface area contributed by atoms with Gasteiger partial charge in [-0.2, -0.15) is 5.10 Å². The zero-order valence-corrected chi connectivity index (χ0v) is 8.65. The van der Waals surface area contributed by atoms with E-state index in [1.165, 1.54) is 0 Å². The van der Waals surface area contributed by atoms with Gasteiger partial charge < -0.3 is 5.32 Å². The van der Waals surface area contributed by atoms with E-state index < -0.39 is 0 Å². The van der Waals surface area contributed by atoms with Crippen LogP contribution in [0, 0.1) is 0 Å². The lowest BCUT2D eigenvalue weighted by molar-refractivity contribution is 0.546. The van der Waals surface area contributed by atoms with Crippen molar-refractivity contribution >= 4 is 16.7 Å². The Morgan fingerprint density at radius 3 is 2.79 bits per heavy atom. The molecule has 0 atom stereocenters. The third kappa shape index (κ3) is 1.32. The van der Waals surface area contributed by atoms with Crippen LogP contribution < -0.4 is 5.32 Å². The summed E-state index contributed by atoms with van der Waals surface area (Å²) in [6, 6.07) is 2.40. The fourth-order valence-electron chi connectivity index (χ4n) is 1.45. The van der Waals surface area contributed by atoms with E-state index >= 15 is 0 Å². The summed E-state index contributed by atoms with van der Waals surface area (Å²) in [5, 5.41) is 8.43. The van der Waals surface area contributed by atoms with Crippen LogP contribution in [0.4, 0.5) is 5.69 Å². The minimum atomic E-state index is 0.348. The predicted molar refractivity (Wildman–Crippen MR) is 57.5 cm³/mol. The normalized spacial score (nSPS) is 11.1. The molecule has 0 amide bonds. The SMILES string of the molecule is CNc1cnc2c(cnn2C(C)C)c1. The molecule has 74 valence electrons. The number of aromatic nitrogens is 3. The summed E-state index contributed by atoms with van der Waals surface area (Å²) in [4.78, 5) is 4.37. The standard InChI is InChI=1S/C10H14N4/c1-7(2)14-10-8(5-13-14)4-9(11-3)6-12-10/h4-7,11H,1-3H3. The first-order valence-electron chi connectivity index (χ1n) is 4.73. The van der Waals surface area contributed by atoms with E-state index in [2.05, 4.69) is 29.2 Å². The predicted octanol–water partition coefficient (Wildman–Crippen LogP) is 2.05. The van der Waals surface area contributed by atoms with Gasteiger partial charge in [-0.3, -0.25) is 0 Å². The maximum absolute atomic E-state index is 4.37. The Morgan fingerprint density at radius 1 is 1.36 bits per heavy atom. The van der Waals surface area contributed by atoms with E-state index in [1.54, 1.807) is 0 Å². The summed E-state index contributed by atoms with van der Waals surface area (Å²) in [6.07, 6.45) is 3.67. The van der Waals surface area contributed by atoms with Gasteiger partial charge in [-0.1, -0.05) is 0 Å². The number of hydrogen-bond acceptors (Lipinski definition) is 3. The Hall–Kier alpha value is -1.58. The summed E-state index contributed by atoms with van der Waals surface area (Å²) in [5.41, 5.74) is 1.96. The lowest BCUT2D eigenvalue weighted by Crippen LogP contribution is -2.03. The molecule has 0 bridgehead atoms. The average Bonchev–Trinajstić information content (AvgIpc) is 2.59. The number of hydrogen-bond donors (Lipinski definition) is 1. The Morgan fingerprint density at radius 2 is 2.14 bits per heavy atom. The van der Waals surface area contributed by atoms with Crippen LogP contribution in [0.3, 0.4) is 0 Å². The van der Waals surface area contributed by atoms with Gasteiger partial charge in [0.05, 0.1) is 18.1 Å². The van der Waals surface area contributed by atoms with E-state index in [-0.39, 0.29) is 0 Å². The third-order valence-electron chi connectivity index (χ3n) is 2.21. The first-order chi connectivity index (χ1) is 6.72. The third-order valence-corrected chi connectivity index (χ3v) is 2.21. The van der Waals surface area contributed by atoms with Crippen molar-refractivity contribution in [1.82, 2.24) is 14.8 Å². The molecule has 0 spiro atoms. The molecule has 14 heavy (non-hydrogen) atoms. The Balaban J connectivity index is 2.59. The highest BCUT2D eigenvalue weighted by Gasteiger charge is 2.06. The number of anilines is 1. The second kappa shape index (κ2) is 3.29. The van der Waals surface area contributed by atoms with Crippen LogP contribution in [0.15, 0.2) is 18.5 Å². The quantitative estimate of drug-likeness (QED) is 0.788. The van der Waals surface area contributed by atoms with Crippen molar-refractivity contribution < 1.29 is 0 Å². The van der Waals surface area contributed by atoms with Crippen LogP contribution in [0.2, 0.25) is 0 Å². The summed E-state index contributed by atoms with van der Waals surface area (Å²) < 4.78 is 1.93. The van der Waals surface area contributed by atoms with Crippen LogP contribution in [0.5, 0.6) is 0 Å². The Labute approximate surface area is 82.9 Å². The van der Waals surface area contributed by atoms with Crippen LogP contribution in [0.1, 0.15) is 19.9 Å². The van der Waals surface area contributed by atoms with Crippen molar-refractivity contribution in [1.29, 1.82) is 0 Å². The topological polar surface area (TPSA) is 42.7 Å². The van der Waals surface area contributed by atoms with E-state index in [9.17, 15) is 0 Å². The Kier molecular flexibility index (Phi) is 2.11. The van der Waals surface area contributed by atoms with Gasteiger partial charge in [0.2, 0.25) is 0 Å². The molecule has 0 aliphatic carbocycles. The van der Waals surface area contributed by atoms with Gasteiger partial charge in [0, 0.05) is 18.5 Å². The molecular formula is C10H14N4. The molecule has 4 heteroatoms. The lowest BCUT2D eigenvalue weighted by atomic mass is 10.3. The van der Waals surface area contributed by atoms with Gasteiger partial charge in [0.1, 0.15) is 0 Å². The molecule has 4 nitrogen and oxygen atoms in total. The molecule has 0 radical (unpaired) electrons. The molecule has 2 heterocycles. The van der Waals surface area contributed by atoms with E-state index in [1.807, 2.05) is 30.2 Å². The fraction of sp³-hybridized carbons (Fsp3) is 0.400. The number of nitrogens with zero attached hydrogens (tertiary/aromatic N) is 3. The van der Waals surface area contributed by atoms with E-state index in [0.29, 0.717) is 6.04 Å². The summed E-state index contributed by atoms with van der Waals surface area (Å²) in [5.74, 6) is 0. The van der Waals surface area contributed by atoms with Crippen molar-refractivity contribution in [3.05, 3.63) is 18.5 Å². The maximum atomic E-state index is 4.37. The van der Waals surface area contributed by atoms with E-state index in [0.717, 1.165) is 16.7 Å². The van der Waals surface area contributed by atoms with Crippen LogP contribution >= 0.6 is 0 Å². The van der Waals surface area contributed by atoms with Crippen molar-refractivity contribution in [2.75, 3.05) is 12.4 Å². The number of nitrogens with one attached hydrogen (secondary N) is 1. The molecule has 0 fully saturated rings. The molecule has 2 rings (SSSR count). The van der Waals surface area contributed by atoms with Crippen LogP contribution in [0.25, 0.3) is 11.0 Å². The lowest BCUT2D eigenvalue weighted by Gasteiger charge is -2.06. The molecular weight excluding hydrogens is 176 g/mol. The van der Waals surface area contributed by atoms with Crippen molar-refractivity contribution in [3.63, 3.8) is 0 Å². The van der Waals surface area contributed by atoms with Gasteiger partial charge >= 0.3 is 0 Å². The highest BCUT2D eigenvalue weighted by Crippen LogP contribution is 2.18. The highest BCUT2D eigenvalue weighted by atomic mass is 15.3. The molecule has 0 saturated carbocycles. The molecule has 0 saturated heterocycles. The molecule has 0 aliphatic heterocycles. The monoisotopic (exact) mass is 190 g/mol. The van der Waals surface area contributed by atoms with E-state index in [4.69, 9.17) is 0 Å². The number of pyridine rings is 1. The highest BCUT2D eigenvalue weighted by molar-refractivity contribution is 5.78. The first-order valence-corrected chi connectivity index (χ1v) is 4.73. The summed E-state index contributed by atoms with van der Waals surface area (Å²) in [7, 11) is 1.88. The minimum absolute atomic E-state index is 0.348. The number of fused-ring (bicyclic) bond motifs is 1. The first kappa shape index (κ1) is 8.99. The van der Waals surface area contributed by atoms with Crippen molar-refractivity contribution in [2.45, 2.75) is 19.9 Å². The summed E-state index contributed by atoms with van der Waals surface area (Å²) in [6.45, 7) is 4.19. The molecule has 1 N–H and O–H groups in total. The van der Waals surface area contributed by atoms with Crippen LogP contribution in [-0.4, -0.2) is 21.8 Å². The smallest absolute Gasteiger partial charge is 0.158 e. The van der Waals surface area contributed by atoms with Gasteiger partial charge in [0.15, 0.2) is 5.65 Å². The minimum Gasteiger partial charge on any atom is -0.387 e. The van der Waals surface area contributed by atoms with Gasteiger partial charge in [-0.15, -0.1) is 0 Å². The van der Waals surface area contributed by atoms with Crippen molar-refractivity contribution in [2.24, 2.45) is 0 Å². The molecule has 2 aromatic heterocycles. The molecule has 0 aliphatic rings. The second-order valence-corrected chi connectivity index (χ2v) is 3.57. The summed E-state index contributed by atoms with van der Waals surface area (Å²) >= 11 is 0. The zero-order chi connectivity index (χ0) is 10.1. The van der Waals surface area contributed by atoms with Gasteiger partial charge in [0.25, 0.3) is 0 Å². The number of rotatable bonds is 2. The molecule has 0 unspecified atom stereocenters. The second-order valence-electron chi connectivity index (χ2n) is 3.57. The van der Waals surface area contributed by atoms with Gasteiger partial charge in [-0.25, -0.2) is 9.67 Å². The average molecular weight is 190 g/mol. The molecule has 2 aromatic rings. The maximum Gasteiger partial charge on any atom is 0.158 e.